The van der Waals surface area contributed by atoms with Gasteiger partial charge in [-0.15, -0.1) is 0 Å². The van der Waals surface area contributed by atoms with Gasteiger partial charge in [-0.1, -0.05) is 32.0 Å². The molecule has 0 unspecified atom stereocenters. The van der Waals surface area contributed by atoms with Crippen molar-refractivity contribution in [2.75, 3.05) is 4.90 Å². The minimum Gasteiger partial charge on any atom is -0.305 e. The number of nitro groups is 2. The Morgan fingerprint density at radius 1 is 0.962 bits per heavy atom. The summed E-state index contributed by atoms with van der Waals surface area (Å²) in [5.41, 5.74) is -0.415. The summed E-state index contributed by atoms with van der Waals surface area (Å²) in [5.74, 6) is -0.503. The van der Waals surface area contributed by atoms with Crippen LogP contribution in [0.4, 0.5) is 17.1 Å². The van der Waals surface area contributed by atoms with Crippen molar-refractivity contribution in [3.63, 3.8) is 0 Å². The fourth-order valence-corrected chi connectivity index (χ4v) is 2.80. The normalized spacial score (nSPS) is 10.6. The largest absolute Gasteiger partial charge is 0.305 e. The second-order valence-corrected chi connectivity index (χ2v) is 5.73. The van der Waals surface area contributed by atoms with Crippen LogP contribution in [0, 0.1) is 20.2 Å². The Morgan fingerprint density at radius 2 is 1.46 bits per heavy atom. The van der Waals surface area contributed by atoms with Gasteiger partial charge in [-0.05, 0) is 25.0 Å². The van der Waals surface area contributed by atoms with Crippen molar-refractivity contribution >= 4 is 23.0 Å². The smallest absolute Gasteiger partial charge is 0.277 e. The Bertz CT molecular complexity index is 787. The predicted molar refractivity (Wildman–Crippen MR) is 97.4 cm³/mol. The molecule has 136 valence electrons. The van der Waals surface area contributed by atoms with E-state index in [1.165, 1.54) is 0 Å². The van der Waals surface area contributed by atoms with E-state index < -0.39 is 27.1 Å². The van der Waals surface area contributed by atoms with Gasteiger partial charge in [0.25, 0.3) is 17.3 Å². The average molecular weight is 357 g/mol. The first-order valence-electron chi connectivity index (χ1n) is 8.21. The molecule has 8 heteroatoms. The van der Waals surface area contributed by atoms with Crippen LogP contribution in [0.3, 0.4) is 0 Å². The van der Waals surface area contributed by atoms with Crippen molar-refractivity contribution in [2.45, 2.75) is 32.7 Å². The standard InChI is InChI=1S/C18H19N3O5/c1-3-14(4-2)19(15-8-6-5-7-9-15)18(22)13-10-16(20(23)24)12-17(11-13)21(25)26/h5-12,14H,3-4H2,1-2H3. The van der Waals surface area contributed by atoms with Crippen LogP contribution in [0.1, 0.15) is 37.0 Å². The van der Waals surface area contributed by atoms with Gasteiger partial charge in [-0.2, -0.15) is 0 Å². The average Bonchev–Trinajstić information content (AvgIpc) is 2.65. The molecule has 0 aliphatic rings. The Hall–Kier alpha value is -3.29. The quantitative estimate of drug-likeness (QED) is 0.541. The van der Waals surface area contributed by atoms with Gasteiger partial charge in [0.2, 0.25) is 0 Å². The van der Waals surface area contributed by atoms with Crippen LogP contribution in [0.25, 0.3) is 0 Å². The number of para-hydroxylation sites is 1. The van der Waals surface area contributed by atoms with Gasteiger partial charge in [0.15, 0.2) is 0 Å². The molecule has 0 aromatic heterocycles. The first kappa shape index (κ1) is 19.0. The molecule has 0 fully saturated rings. The maximum Gasteiger partial charge on any atom is 0.277 e. The second-order valence-electron chi connectivity index (χ2n) is 5.73. The van der Waals surface area contributed by atoms with Crippen LogP contribution in [0.5, 0.6) is 0 Å². The number of carbonyl (C=O) groups excluding carboxylic acids is 1. The number of rotatable bonds is 7. The maximum absolute atomic E-state index is 13.1. The van der Waals surface area contributed by atoms with Crippen molar-refractivity contribution in [3.05, 3.63) is 74.3 Å². The third kappa shape index (κ3) is 4.02. The number of hydrogen-bond acceptors (Lipinski definition) is 5. The molecule has 0 bridgehead atoms. The van der Waals surface area contributed by atoms with Gasteiger partial charge in [0.1, 0.15) is 0 Å². The zero-order valence-electron chi connectivity index (χ0n) is 14.5. The van der Waals surface area contributed by atoms with E-state index in [4.69, 9.17) is 0 Å². The monoisotopic (exact) mass is 357 g/mol. The summed E-state index contributed by atoms with van der Waals surface area (Å²) >= 11 is 0. The molecule has 1 amide bonds. The van der Waals surface area contributed by atoms with Crippen molar-refractivity contribution in [2.24, 2.45) is 0 Å². The molecule has 0 saturated carbocycles. The molecule has 0 N–H and O–H groups in total. The summed E-state index contributed by atoms with van der Waals surface area (Å²) in [6.07, 6.45) is 1.35. The van der Waals surface area contributed by atoms with E-state index >= 15 is 0 Å². The van der Waals surface area contributed by atoms with Crippen molar-refractivity contribution in [3.8, 4) is 0 Å². The maximum atomic E-state index is 13.1. The summed E-state index contributed by atoms with van der Waals surface area (Å²) in [6.45, 7) is 3.88. The molecule has 0 radical (unpaired) electrons. The molecular formula is C18H19N3O5. The number of anilines is 1. The lowest BCUT2D eigenvalue weighted by atomic mass is 10.1. The topological polar surface area (TPSA) is 107 Å². The molecule has 0 aliphatic carbocycles. The molecule has 2 rings (SSSR count). The zero-order valence-corrected chi connectivity index (χ0v) is 14.5. The van der Waals surface area contributed by atoms with E-state index in [-0.39, 0.29) is 11.6 Å². The first-order chi connectivity index (χ1) is 12.4. The van der Waals surface area contributed by atoms with Gasteiger partial charge in [0.05, 0.1) is 21.5 Å². The molecule has 0 atom stereocenters. The van der Waals surface area contributed by atoms with Crippen LogP contribution >= 0.6 is 0 Å². The molecule has 0 heterocycles. The summed E-state index contributed by atoms with van der Waals surface area (Å²) in [6, 6.07) is 11.8. The van der Waals surface area contributed by atoms with Crippen LogP contribution in [0.2, 0.25) is 0 Å². The highest BCUT2D eigenvalue weighted by molar-refractivity contribution is 6.07. The zero-order chi connectivity index (χ0) is 19.3. The van der Waals surface area contributed by atoms with Crippen molar-refractivity contribution < 1.29 is 14.6 Å². The summed E-state index contributed by atoms with van der Waals surface area (Å²) in [5, 5.41) is 22.2. The molecule has 2 aromatic carbocycles. The number of nitrogens with zero attached hydrogens (tertiary/aromatic N) is 3. The Morgan fingerprint density at radius 3 is 1.88 bits per heavy atom. The fourth-order valence-electron chi connectivity index (χ4n) is 2.80. The molecule has 26 heavy (non-hydrogen) atoms. The minimum atomic E-state index is -0.742. The van der Waals surface area contributed by atoms with E-state index in [9.17, 15) is 25.0 Å². The van der Waals surface area contributed by atoms with Crippen LogP contribution in [-0.4, -0.2) is 21.8 Å². The number of carbonyl (C=O) groups is 1. The van der Waals surface area contributed by atoms with Crippen LogP contribution in [0.15, 0.2) is 48.5 Å². The Balaban J connectivity index is 2.58. The Labute approximate surface area is 150 Å². The number of non-ortho nitro benzene ring substituents is 2. The number of nitro benzene ring substituents is 2. The number of hydrogen-bond donors (Lipinski definition) is 0. The minimum absolute atomic E-state index is 0.0818. The van der Waals surface area contributed by atoms with Crippen LogP contribution < -0.4 is 4.90 Å². The fraction of sp³-hybridized carbons (Fsp3) is 0.278. The van der Waals surface area contributed by atoms with Crippen LogP contribution in [-0.2, 0) is 0 Å². The van der Waals surface area contributed by atoms with E-state index in [1.807, 2.05) is 19.9 Å². The highest BCUT2D eigenvalue weighted by Gasteiger charge is 2.27. The summed E-state index contributed by atoms with van der Waals surface area (Å²) in [4.78, 5) is 35.4. The van der Waals surface area contributed by atoms with E-state index in [0.29, 0.717) is 18.5 Å². The van der Waals surface area contributed by atoms with Crippen molar-refractivity contribution in [1.29, 1.82) is 0 Å². The SMILES string of the molecule is CCC(CC)N(C(=O)c1cc([N+](=O)[O-])cc([N+](=O)[O-])c1)c1ccccc1. The summed E-state index contributed by atoms with van der Waals surface area (Å²) < 4.78 is 0. The van der Waals surface area contributed by atoms with Gasteiger partial charge in [-0.3, -0.25) is 25.0 Å². The Kier molecular flexibility index (Phi) is 6.00. The molecular weight excluding hydrogens is 338 g/mol. The van der Waals surface area contributed by atoms with Gasteiger partial charge in [-0.25, -0.2) is 0 Å². The highest BCUT2D eigenvalue weighted by atomic mass is 16.6. The second kappa shape index (κ2) is 8.19. The molecule has 2 aromatic rings. The highest BCUT2D eigenvalue weighted by Crippen LogP contribution is 2.27. The lowest BCUT2D eigenvalue weighted by Crippen LogP contribution is -2.40. The molecule has 0 spiro atoms. The molecule has 0 saturated heterocycles. The third-order valence-electron chi connectivity index (χ3n) is 4.13. The number of benzene rings is 2. The first-order valence-corrected chi connectivity index (χ1v) is 8.21. The van der Waals surface area contributed by atoms with Gasteiger partial charge >= 0.3 is 0 Å². The van der Waals surface area contributed by atoms with E-state index in [2.05, 4.69) is 0 Å². The van der Waals surface area contributed by atoms with Gasteiger partial charge < -0.3 is 4.90 Å². The van der Waals surface area contributed by atoms with Gasteiger partial charge in [0, 0.05) is 23.9 Å². The molecule has 8 nitrogen and oxygen atoms in total. The molecule has 0 aliphatic heterocycles. The third-order valence-corrected chi connectivity index (χ3v) is 4.13. The number of amides is 1. The van der Waals surface area contributed by atoms with Crippen molar-refractivity contribution in [1.82, 2.24) is 0 Å². The summed E-state index contributed by atoms with van der Waals surface area (Å²) in [7, 11) is 0. The predicted octanol–water partition coefficient (Wildman–Crippen LogP) is 4.34. The lowest BCUT2D eigenvalue weighted by Gasteiger charge is -2.30. The van der Waals surface area contributed by atoms with E-state index in [1.54, 1.807) is 29.2 Å². The lowest BCUT2D eigenvalue weighted by molar-refractivity contribution is -0.394. The van der Waals surface area contributed by atoms with E-state index in [0.717, 1.165) is 18.2 Å².